The Hall–Kier alpha value is -2.78. The second-order valence-corrected chi connectivity index (χ2v) is 7.55. The molecule has 144 valence electrons. The number of esters is 1. The molecule has 0 aliphatic heterocycles. The van der Waals surface area contributed by atoms with Gasteiger partial charge in [-0.25, -0.2) is 9.78 Å². The van der Waals surface area contributed by atoms with Crippen molar-refractivity contribution in [1.29, 1.82) is 0 Å². The highest BCUT2D eigenvalue weighted by molar-refractivity contribution is 9.10. The number of methoxy groups -OCH3 is 1. The predicted molar refractivity (Wildman–Crippen MR) is 109 cm³/mol. The third-order valence-electron chi connectivity index (χ3n) is 4.02. The van der Waals surface area contributed by atoms with Crippen molar-refractivity contribution in [1.82, 2.24) is 4.98 Å². The first-order valence-electron chi connectivity index (χ1n) is 8.10. The predicted octanol–water partition coefficient (Wildman–Crippen LogP) is 5.15. The topological polar surface area (TPSA) is 91.6 Å². The summed E-state index contributed by atoms with van der Waals surface area (Å²) < 4.78 is 11.6. The van der Waals surface area contributed by atoms with Crippen molar-refractivity contribution < 1.29 is 19.2 Å². The Balaban J connectivity index is 1.75. The van der Waals surface area contributed by atoms with Crippen LogP contribution in [0.2, 0.25) is 0 Å². The van der Waals surface area contributed by atoms with Crippen LogP contribution in [0.25, 0.3) is 10.6 Å². The largest absolute Gasteiger partial charge is 0.496 e. The van der Waals surface area contributed by atoms with Gasteiger partial charge >= 0.3 is 5.97 Å². The molecule has 0 aliphatic carbocycles. The van der Waals surface area contributed by atoms with Crippen LogP contribution in [0.1, 0.15) is 21.6 Å². The summed E-state index contributed by atoms with van der Waals surface area (Å²) in [7, 11) is 1.59. The summed E-state index contributed by atoms with van der Waals surface area (Å²) in [5.41, 5.74) is 1.73. The van der Waals surface area contributed by atoms with Crippen molar-refractivity contribution in [2.45, 2.75) is 13.5 Å². The normalized spacial score (nSPS) is 10.5. The Bertz CT molecular complexity index is 1050. The Kier molecular flexibility index (Phi) is 6.05. The Labute approximate surface area is 173 Å². The van der Waals surface area contributed by atoms with Crippen LogP contribution >= 0.6 is 27.3 Å². The number of nitro groups is 1. The van der Waals surface area contributed by atoms with E-state index < -0.39 is 10.9 Å². The molecule has 0 unspecified atom stereocenters. The summed E-state index contributed by atoms with van der Waals surface area (Å²) in [6, 6.07) is 9.93. The van der Waals surface area contributed by atoms with Crippen LogP contribution in [0.3, 0.4) is 0 Å². The molecule has 9 heteroatoms. The molecule has 0 radical (unpaired) electrons. The van der Waals surface area contributed by atoms with Crippen LogP contribution in [0.15, 0.2) is 46.3 Å². The molecule has 0 N–H and O–H groups in total. The maximum atomic E-state index is 12.3. The Morgan fingerprint density at radius 3 is 2.82 bits per heavy atom. The molecular weight excluding hydrogens is 448 g/mol. The van der Waals surface area contributed by atoms with Gasteiger partial charge in [-0.1, -0.05) is 22.0 Å². The lowest BCUT2D eigenvalue weighted by atomic mass is 10.1. The first-order chi connectivity index (χ1) is 13.4. The maximum Gasteiger partial charge on any atom is 0.339 e. The molecule has 3 aromatic rings. The van der Waals surface area contributed by atoms with Crippen molar-refractivity contribution in [2.24, 2.45) is 0 Å². The van der Waals surface area contributed by atoms with Gasteiger partial charge < -0.3 is 9.47 Å². The van der Waals surface area contributed by atoms with Crippen molar-refractivity contribution in [2.75, 3.05) is 7.11 Å². The number of thiazole rings is 1. The van der Waals surface area contributed by atoms with Gasteiger partial charge in [-0.15, -0.1) is 11.3 Å². The van der Waals surface area contributed by atoms with Crippen molar-refractivity contribution >= 4 is 38.9 Å². The summed E-state index contributed by atoms with van der Waals surface area (Å²) in [6.07, 6.45) is 0. The van der Waals surface area contributed by atoms with Crippen LogP contribution < -0.4 is 4.74 Å². The lowest BCUT2D eigenvalue weighted by Gasteiger charge is -2.07. The number of carbonyl (C=O) groups is 1. The summed E-state index contributed by atoms with van der Waals surface area (Å²) in [5.74, 6) is 0.0594. The fourth-order valence-corrected chi connectivity index (χ4v) is 3.79. The minimum absolute atomic E-state index is 0.0339. The second-order valence-electron chi connectivity index (χ2n) is 5.77. The zero-order valence-electron chi connectivity index (χ0n) is 15.0. The third kappa shape index (κ3) is 4.20. The van der Waals surface area contributed by atoms with Gasteiger partial charge in [0, 0.05) is 21.5 Å². The molecule has 0 saturated heterocycles. The van der Waals surface area contributed by atoms with E-state index in [1.165, 1.54) is 36.5 Å². The number of benzene rings is 2. The molecule has 3 rings (SSSR count). The number of ether oxygens (including phenoxy) is 2. The molecule has 1 aromatic heterocycles. The standard InChI is InChI=1S/C19H15BrN2O5S/c1-11-14(4-3-5-16(11)22(24)25)19(23)27-9-13-10-28-18(21-13)15-8-12(20)6-7-17(15)26-2/h3-8,10H,9H2,1-2H3. The zero-order chi connectivity index (χ0) is 20.3. The van der Waals surface area contributed by atoms with Gasteiger partial charge in [-0.3, -0.25) is 10.1 Å². The van der Waals surface area contributed by atoms with Crippen LogP contribution in [-0.2, 0) is 11.3 Å². The molecule has 0 fully saturated rings. The Morgan fingerprint density at radius 2 is 2.11 bits per heavy atom. The highest BCUT2D eigenvalue weighted by Crippen LogP contribution is 2.34. The smallest absolute Gasteiger partial charge is 0.339 e. The number of hydrogen-bond donors (Lipinski definition) is 0. The van der Waals surface area contributed by atoms with E-state index >= 15 is 0 Å². The monoisotopic (exact) mass is 462 g/mol. The molecule has 0 aliphatic rings. The summed E-state index contributed by atoms with van der Waals surface area (Å²) >= 11 is 4.84. The van der Waals surface area contributed by atoms with Crippen molar-refractivity contribution in [3.05, 3.63) is 73.2 Å². The number of halogens is 1. The SMILES string of the molecule is COc1ccc(Br)cc1-c1nc(COC(=O)c2cccc([N+](=O)[O-])c2C)cs1. The number of hydrogen-bond acceptors (Lipinski definition) is 7. The van der Waals surface area contributed by atoms with Crippen molar-refractivity contribution in [3.8, 4) is 16.3 Å². The van der Waals surface area contributed by atoms with Crippen LogP contribution in [0.5, 0.6) is 5.75 Å². The van der Waals surface area contributed by atoms with E-state index in [1.807, 2.05) is 18.2 Å². The van der Waals surface area contributed by atoms with Gasteiger partial charge in [-0.05, 0) is 31.2 Å². The minimum atomic E-state index is -0.629. The van der Waals surface area contributed by atoms with Crippen LogP contribution in [0.4, 0.5) is 5.69 Å². The minimum Gasteiger partial charge on any atom is -0.496 e. The van der Waals surface area contributed by atoms with Gasteiger partial charge in [0.25, 0.3) is 5.69 Å². The van der Waals surface area contributed by atoms with Crippen LogP contribution in [0, 0.1) is 17.0 Å². The summed E-state index contributed by atoms with van der Waals surface area (Å²) in [5, 5.41) is 13.5. The summed E-state index contributed by atoms with van der Waals surface area (Å²) in [4.78, 5) is 27.3. The molecular formula is C19H15BrN2O5S. The number of nitro benzene ring substituents is 1. The number of nitrogens with zero attached hydrogens (tertiary/aromatic N) is 2. The lowest BCUT2D eigenvalue weighted by Crippen LogP contribution is -2.08. The van der Waals surface area contributed by atoms with Gasteiger partial charge in [-0.2, -0.15) is 0 Å². The van der Waals surface area contributed by atoms with E-state index in [0.29, 0.717) is 11.4 Å². The van der Waals surface area contributed by atoms with Gasteiger partial charge in [0.15, 0.2) is 0 Å². The molecule has 0 atom stereocenters. The molecule has 2 aromatic carbocycles. The molecule has 0 spiro atoms. The second kappa shape index (κ2) is 8.49. The quantitative estimate of drug-likeness (QED) is 0.285. The molecule has 7 nitrogen and oxygen atoms in total. The van der Waals surface area contributed by atoms with E-state index in [9.17, 15) is 14.9 Å². The fourth-order valence-electron chi connectivity index (χ4n) is 2.60. The van der Waals surface area contributed by atoms with Gasteiger partial charge in [0.2, 0.25) is 0 Å². The molecule has 0 saturated carbocycles. The van der Waals surface area contributed by atoms with E-state index in [0.717, 1.165) is 15.0 Å². The lowest BCUT2D eigenvalue weighted by molar-refractivity contribution is -0.385. The van der Waals surface area contributed by atoms with Crippen molar-refractivity contribution in [3.63, 3.8) is 0 Å². The third-order valence-corrected chi connectivity index (χ3v) is 5.43. The first kappa shape index (κ1) is 20.0. The van der Waals surface area contributed by atoms with E-state index in [2.05, 4.69) is 20.9 Å². The number of carbonyl (C=O) groups excluding carboxylic acids is 1. The fraction of sp³-hybridized carbons (Fsp3) is 0.158. The van der Waals surface area contributed by atoms with E-state index in [1.54, 1.807) is 12.5 Å². The molecule has 1 heterocycles. The average Bonchev–Trinajstić information content (AvgIpc) is 3.15. The summed E-state index contributed by atoms with van der Waals surface area (Å²) in [6.45, 7) is 1.49. The van der Waals surface area contributed by atoms with Crippen LogP contribution in [-0.4, -0.2) is 23.0 Å². The zero-order valence-corrected chi connectivity index (χ0v) is 17.4. The highest BCUT2D eigenvalue weighted by Gasteiger charge is 2.19. The Morgan fingerprint density at radius 1 is 1.32 bits per heavy atom. The van der Waals surface area contributed by atoms with Gasteiger partial charge in [0.1, 0.15) is 17.4 Å². The molecule has 0 bridgehead atoms. The average molecular weight is 463 g/mol. The van der Waals surface area contributed by atoms with E-state index in [4.69, 9.17) is 9.47 Å². The highest BCUT2D eigenvalue weighted by atomic mass is 79.9. The molecule has 0 amide bonds. The van der Waals surface area contributed by atoms with Gasteiger partial charge in [0.05, 0.1) is 28.9 Å². The number of aromatic nitrogens is 1. The van der Waals surface area contributed by atoms with E-state index in [-0.39, 0.29) is 23.4 Å². The molecule has 28 heavy (non-hydrogen) atoms. The maximum absolute atomic E-state index is 12.3. The number of rotatable bonds is 6. The first-order valence-corrected chi connectivity index (χ1v) is 9.77.